The molecule has 10 heteroatoms. The second-order valence-electron chi connectivity index (χ2n) is 5.97. The maximum Gasteiger partial charge on any atom is 0.330 e. The molecule has 28 heavy (non-hydrogen) atoms. The first-order valence-corrected chi connectivity index (χ1v) is 8.68. The molecule has 1 atom stereocenters. The van der Waals surface area contributed by atoms with E-state index in [4.69, 9.17) is 10.5 Å². The number of nitrogens with zero attached hydrogens (tertiary/aromatic N) is 1. The van der Waals surface area contributed by atoms with E-state index in [9.17, 15) is 14.4 Å². The van der Waals surface area contributed by atoms with Gasteiger partial charge < -0.3 is 21.1 Å². The molecule has 0 unspecified atom stereocenters. The van der Waals surface area contributed by atoms with Crippen LogP contribution in [0.4, 0.5) is 11.5 Å². The van der Waals surface area contributed by atoms with Crippen molar-refractivity contribution in [3.63, 3.8) is 0 Å². The Balaban J connectivity index is 0.00000392. The van der Waals surface area contributed by atoms with Crippen molar-refractivity contribution in [3.8, 4) is 0 Å². The Morgan fingerprint density at radius 2 is 1.96 bits per heavy atom. The SMILES string of the molecule is CC[C@H](N)C(=O)Nc1c(NCc2ccccc2)c(=O)[nH]c(=O)n1CCOC.Cl. The Hall–Kier alpha value is -2.62. The van der Waals surface area contributed by atoms with Crippen LogP contribution in [0.3, 0.4) is 0 Å². The lowest BCUT2D eigenvalue weighted by molar-refractivity contribution is -0.117. The molecule has 0 aliphatic rings. The second-order valence-corrected chi connectivity index (χ2v) is 5.97. The van der Waals surface area contributed by atoms with Gasteiger partial charge in [-0.2, -0.15) is 0 Å². The van der Waals surface area contributed by atoms with Crippen molar-refractivity contribution in [3.05, 3.63) is 56.7 Å². The quantitative estimate of drug-likeness (QED) is 0.484. The van der Waals surface area contributed by atoms with E-state index in [0.29, 0.717) is 13.0 Å². The Morgan fingerprint density at radius 3 is 2.57 bits per heavy atom. The summed E-state index contributed by atoms with van der Waals surface area (Å²) in [4.78, 5) is 39.2. The fourth-order valence-corrected chi connectivity index (χ4v) is 2.44. The van der Waals surface area contributed by atoms with Gasteiger partial charge in [-0.3, -0.25) is 19.1 Å². The molecule has 0 bridgehead atoms. The number of anilines is 2. The standard InChI is InChI=1S/C18H25N5O4.ClH/c1-3-13(19)16(24)21-15-14(20-11-12-7-5-4-6-8-12)17(25)22-18(26)23(15)9-10-27-2;/h4-8,13,20H,3,9-11,19H2,1-2H3,(H,21,24)(H,22,25,26);1H/t13-;/m0./s1. The number of halogens is 1. The number of ether oxygens (including phenoxy) is 1. The zero-order valence-corrected chi connectivity index (χ0v) is 16.7. The number of nitrogens with one attached hydrogen (secondary N) is 3. The average molecular weight is 412 g/mol. The minimum atomic E-state index is -0.753. The molecule has 1 aromatic carbocycles. The molecule has 1 heterocycles. The lowest BCUT2D eigenvalue weighted by atomic mass is 10.2. The van der Waals surface area contributed by atoms with Gasteiger partial charge in [0.25, 0.3) is 5.56 Å². The van der Waals surface area contributed by atoms with Crippen LogP contribution in [0.25, 0.3) is 0 Å². The molecule has 1 aromatic heterocycles. The van der Waals surface area contributed by atoms with E-state index in [1.165, 1.54) is 11.7 Å². The maximum absolute atomic E-state index is 12.4. The van der Waals surface area contributed by atoms with Crippen LogP contribution in [-0.2, 0) is 22.6 Å². The average Bonchev–Trinajstić information content (AvgIpc) is 2.67. The van der Waals surface area contributed by atoms with Gasteiger partial charge in [0, 0.05) is 13.7 Å². The Labute approximate surface area is 168 Å². The Bertz CT molecular complexity index is 882. The summed E-state index contributed by atoms with van der Waals surface area (Å²) in [5, 5.41) is 5.62. The molecular weight excluding hydrogens is 386 g/mol. The highest BCUT2D eigenvalue weighted by molar-refractivity contribution is 5.96. The predicted molar refractivity (Wildman–Crippen MR) is 111 cm³/mol. The molecule has 2 rings (SSSR count). The molecule has 0 fully saturated rings. The van der Waals surface area contributed by atoms with Gasteiger partial charge in [-0.1, -0.05) is 37.3 Å². The van der Waals surface area contributed by atoms with Crippen LogP contribution in [-0.4, -0.2) is 35.2 Å². The molecule has 0 spiro atoms. The third-order valence-corrected chi connectivity index (χ3v) is 4.05. The number of rotatable bonds is 9. The molecule has 0 aliphatic carbocycles. The molecule has 9 nitrogen and oxygen atoms in total. The van der Waals surface area contributed by atoms with Gasteiger partial charge in [-0.05, 0) is 12.0 Å². The van der Waals surface area contributed by atoms with Crippen LogP contribution in [0, 0.1) is 0 Å². The molecule has 2 aromatic rings. The number of hydrogen-bond acceptors (Lipinski definition) is 6. The summed E-state index contributed by atoms with van der Waals surface area (Å²) < 4.78 is 6.27. The van der Waals surface area contributed by atoms with Crippen molar-refractivity contribution >= 4 is 29.8 Å². The lowest BCUT2D eigenvalue weighted by Gasteiger charge is -2.19. The summed E-state index contributed by atoms with van der Waals surface area (Å²) in [6.07, 6.45) is 0.421. The predicted octanol–water partition coefficient (Wildman–Crippen LogP) is 0.893. The van der Waals surface area contributed by atoms with Crippen LogP contribution >= 0.6 is 12.4 Å². The van der Waals surface area contributed by atoms with Crippen LogP contribution < -0.4 is 27.6 Å². The first kappa shape index (κ1) is 23.4. The summed E-state index contributed by atoms with van der Waals surface area (Å²) in [5.74, 6) is -0.401. The fraction of sp³-hybridized carbons (Fsp3) is 0.389. The molecule has 1 amide bonds. The number of carbonyl (C=O) groups excluding carboxylic acids is 1. The number of aromatic amines is 1. The van der Waals surface area contributed by atoms with Gasteiger partial charge in [0.1, 0.15) is 11.5 Å². The minimum absolute atomic E-state index is 0. The van der Waals surface area contributed by atoms with Gasteiger partial charge in [0.2, 0.25) is 5.91 Å². The van der Waals surface area contributed by atoms with Gasteiger partial charge in [0.15, 0.2) is 0 Å². The maximum atomic E-state index is 12.4. The highest BCUT2D eigenvalue weighted by atomic mass is 35.5. The van der Waals surface area contributed by atoms with E-state index < -0.39 is 23.2 Å². The van der Waals surface area contributed by atoms with E-state index in [1.807, 2.05) is 30.3 Å². The first-order chi connectivity index (χ1) is 13.0. The van der Waals surface area contributed by atoms with Crippen LogP contribution in [0.15, 0.2) is 39.9 Å². The molecule has 0 aliphatic heterocycles. The van der Waals surface area contributed by atoms with Gasteiger partial charge in [-0.25, -0.2) is 4.79 Å². The van der Waals surface area contributed by atoms with E-state index in [-0.39, 0.29) is 37.1 Å². The summed E-state index contributed by atoms with van der Waals surface area (Å²) >= 11 is 0. The number of methoxy groups -OCH3 is 1. The van der Waals surface area contributed by atoms with Gasteiger partial charge >= 0.3 is 5.69 Å². The molecule has 0 saturated carbocycles. The van der Waals surface area contributed by atoms with Crippen molar-refractivity contribution in [2.45, 2.75) is 32.5 Å². The zero-order valence-electron chi connectivity index (χ0n) is 15.9. The van der Waals surface area contributed by atoms with Crippen LogP contribution in [0.1, 0.15) is 18.9 Å². The summed E-state index contributed by atoms with van der Waals surface area (Å²) in [6, 6.07) is 8.69. The van der Waals surface area contributed by atoms with Crippen LogP contribution in [0.5, 0.6) is 0 Å². The number of nitrogens with two attached hydrogens (primary N) is 1. The van der Waals surface area contributed by atoms with Crippen molar-refractivity contribution in [1.29, 1.82) is 0 Å². The topological polar surface area (TPSA) is 131 Å². The molecule has 0 radical (unpaired) electrons. The fourth-order valence-electron chi connectivity index (χ4n) is 2.44. The molecular formula is C18H26ClN5O4. The molecule has 5 N–H and O–H groups in total. The number of carbonyl (C=O) groups is 1. The zero-order chi connectivity index (χ0) is 19.8. The van der Waals surface area contributed by atoms with E-state index in [0.717, 1.165) is 5.56 Å². The van der Waals surface area contributed by atoms with E-state index >= 15 is 0 Å². The summed E-state index contributed by atoms with van der Waals surface area (Å²) in [5.41, 5.74) is 5.55. The van der Waals surface area contributed by atoms with Gasteiger partial charge in [0.05, 0.1) is 19.2 Å². The summed E-state index contributed by atoms with van der Waals surface area (Å²) in [7, 11) is 1.50. The number of aromatic nitrogens is 2. The van der Waals surface area contributed by atoms with Gasteiger partial charge in [-0.15, -0.1) is 12.4 Å². The van der Waals surface area contributed by atoms with Crippen molar-refractivity contribution in [2.24, 2.45) is 5.73 Å². The molecule has 0 saturated heterocycles. The largest absolute Gasteiger partial charge is 0.383 e. The smallest absolute Gasteiger partial charge is 0.330 e. The lowest BCUT2D eigenvalue weighted by Crippen LogP contribution is -2.40. The third-order valence-electron chi connectivity index (χ3n) is 4.05. The Morgan fingerprint density at radius 1 is 1.29 bits per heavy atom. The number of amides is 1. The highest BCUT2D eigenvalue weighted by Crippen LogP contribution is 2.17. The number of benzene rings is 1. The van der Waals surface area contributed by atoms with E-state index in [1.54, 1.807) is 6.92 Å². The minimum Gasteiger partial charge on any atom is -0.383 e. The normalized spacial score (nSPS) is 11.4. The number of H-pyrrole nitrogens is 1. The van der Waals surface area contributed by atoms with E-state index in [2.05, 4.69) is 15.6 Å². The van der Waals surface area contributed by atoms with Crippen molar-refractivity contribution in [2.75, 3.05) is 24.4 Å². The molecule has 154 valence electrons. The van der Waals surface area contributed by atoms with Crippen molar-refractivity contribution in [1.82, 2.24) is 9.55 Å². The second kappa shape index (κ2) is 11.3. The summed E-state index contributed by atoms with van der Waals surface area (Å²) in [6.45, 7) is 2.50. The first-order valence-electron chi connectivity index (χ1n) is 8.68. The van der Waals surface area contributed by atoms with Crippen LogP contribution in [0.2, 0.25) is 0 Å². The monoisotopic (exact) mass is 411 g/mol. The Kier molecular flexibility index (Phi) is 9.43. The highest BCUT2D eigenvalue weighted by Gasteiger charge is 2.20. The van der Waals surface area contributed by atoms with Crippen molar-refractivity contribution < 1.29 is 9.53 Å². The number of hydrogen-bond donors (Lipinski definition) is 4. The third kappa shape index (κ3) is 5.95.